The molecule has 0 aliphatic carbocycles. The standard InChI is InChI=1S/C14H15N3S/c1-17(10-11-5-3-2-4-6-11)12-7-8-13(14(15)18)16-9-12/h2-9H,10H2,1H3,(H2,15,18). The third kappa shape index (κ3) is 3.05. The van der Waals surface area contributed by atoms with Crippen molar-refractivity contribution in [3.05, 3.63) is 59.9 Å². The van der Waals surface area contributed by atoms with E-state index >= 15 is 0 Å². The maximum Gasteiger partial charge on any atom is 0.122 e. The molecule has 2 rings (SSSR count). The molecule has 3 nitrogen and oxygen atoms in total. The van der Waals surface area contributed by atoms with Gasteiger partial charge in [-0.2, -0.15) is 0 Å². The number of nitrogens with two attached hydrogens (primary N) is 1. The van der Waals surface area contributed by atoms with E-state index in [1.165, 1.54) is 5.56 Å². The van der Waals surface area contributed by atoms with E-state index in [0.717, 1.165) is 12.2 Å². The number of benzene rings is 1. The van der Waals surface area contributed by atoms with Crippen LogP contribution in [0, 0.1) is 0 Å². The zero-order valence-corrected chi connectivity index (χ0v) is 11.0. The maximum absolute atomic E-state index is 5.52. The highest BCUT2D eigenvalue weighted by atomic mass is 32.1. The third-order valence-corrected chi connectivity index (χ3v) is 2.91. The van der Waals surface area contributed by atoms with Crippen LogP contribution >= 0.6 is 12.2 Å². The molecule has 1 aromatic carbocycles. The highest BCUT2D eigenvalue weighted by molar-refractivity contribution is 7.80. The Hall–Kier alpha value is -1.94. The molecule has 4 heteroatoms. The van der Waals surface area contributed by atoms with Crippen molar-refractivity contribution in [3.63, 3.8) is 0 Å². The Labute approximate surface area is 112 Å². The number of anilines is 1. The van der Waals surface area contributed by atoms with Crippen LogP contribution in [0.2, 0.25) is 0 Å². The van der Waals surface area contributed by atoms with Gasteiger partial charge in [-0.15, -0.1) is 0 Å². The number of thiocarbonyl (C=S) groups is 1. The van der Waals surface area contributed by atoms with Gasteiger partial charge in [-0.3, -0.25) is 4.98 Å². The maximum atomic E-state index is 5.52. The van der Waals surface area contributed by atoms with E-state index in [2.05, 4.69) is 22.0 Å². The molecular weight excluding hydrogens is 242 g/mol. The van der Waals surface area contributed by atoms with Crippen molar-refractivity contribution in [2.45, 2.75) is 6.54 Å². The Morgan fingerprint density at radius 2 is 1.94 bits per heavy atom. The lowest BCUT2D eigenvalue weighted by molar-refractivity contribution is 0.917. The third-order valence-electron chi connectivity index (χ3n) is 2.70. The van der Waals surface area contributed by atoms with Crippen LogP contribution in [0.25, 0.3) is 0 Å². The zero-order chi connectivity index (χ0) is 13.0. The molecule has 0 saturated heterocycles. The first-order valence-electron chi connectivity index (χ1n) is 5.68. The molecule has 1 aromatic heterocycles. The number of nitrogens with zero attached hydrogens (tertiary/aromatic N) is 2. The van der Waals surface area contributed by atoms with Crippen LogP contribution in [0.15, 0.2) is 48.7 Å². The van der Waals surface area contributed by atoms with Crippen molar-refractivity contribution in [1.29, 1.82) is 0 Å². The van der Waals surface area contributed by atoms with Crippen molar-refractivity contribution in [1.82, 2.24) is 4.98 Å². The van der Waals surface area contributed by atoms with Crippen molar-refractivity contribution >= 4 is 22.9 Å². The van der Waals surface area contributed by atoms with Gasteiger partial charge in [0.15, 0.2) is 0 Å². The average molecular weight is 257 g/mol. The summed E-state index contributed by atoms with van der Waals surface area (Å²) >= 11 is 4.88. The largest absolute Gasteiger partial charge is 0.388 e. The van der Waals surface area contributed by atoms with Crippen molar-refractivity contribution in [3.8, 4) is 0 Å². The van der Waals surface area contributed by atoms with Gasteiger partial charge in [-0.25, -0.2) is 0 Å². The number of aromatic nitrogens is 1. The summed E-state index contributed by atoms with van der Waals surface area (Å²) in [7, 11) is 2.03. The van der Waals surface area contributed by atoms with E-state index in [0.29, 0.717) is 10.7 Å². The van der Waals surface area contributed by atoms with Crippen LogP contribution in [0.3, 0.4) is 0 Å². The molecule has 92 valence electrons. The summed E-state index contributed by atoms with van der Waals surface area (Å²) in [5.74, 6) is 0. The molecule has 0 radical (unpaired) electrons. The van der Waals surface area contributed by atoms with Crippen molar-refractivity contribution < 1.29 is 0 Å². The fraction of sp³-hybridized carbons (Fsp3) is 0.143. The molecule has 0 aliphatic heterocycles. The molecule has 0 spiro atoms. The SMILES string of the molecule is CN(Cc1ccccc1)c1ccc(C(N)=S)nc1. The number of pyridine rings is 1. The lowest BCUT2D eigenvalue weighted by Crippen LogP contribution is -2.17. The normalized spacial score (nSPS) is 10.1. The minimum absolute atomic E-state index is 0.326. The quantitative estimate of drug-likeness (QED) is 0.854. The second-order valence-electron chi connectivity index (χ2n) is 4.11. The summed E-state index contributed by atoms with van der Waals surface area (Å²) in [5, 5.41) is 0. The van der Waals surface area contributed by atoms with Gasteiger partial charge in [0, 0.05) is 13.6 Å². The number of rotatable bonds is 4. The summed E-state index contributed by atoms with van der Waals surface area (Å²) in [6.45, 7) is 0.842. The Balaban J connectivity index is 2.09. The van der Waals surface area contributed by atoms with Gasteiger partial charge >= 0.3 is 0 Å². The van der Waals surface area contributed by atoms with E-state index in [4.69, 9.17) is 18.0 Å². The van der Waals surface area contributed by atoms with E-state index < -0.39 is 0 Å². The van der Waals surface area contributed by atoms with Gasteiger partial charge in [0.2, 0.25) is 0 Å². The van der Waals surface area contributed by atoms with Gasteiger partial charge in [0.1, 0.15) is 4.99 Å². The van der Waals surface area contributed by atoms with Gasteiger partial charge in [0.25, 0.3) is 0 Å². The molecule has 18 heavy (non-hydrogen) atoms. The van der Waals surface area contributed by atoms with Crippen molar-refractivity contribution in [2.75, 3.05) is 11.9 Å². The molecule has 2 N–H and O–H groups in total. The lowest BCUT2D eigenvalue weighted by atomic mass is 10.2. The topological polar surface area (TPSA) is 42.1 Å². The van der Waals surface area contributed by atoms with E-state index in [1.54, 1.807) is 6.20 Å². The number of hydrogen-bond acceptors (Lipinski definition) is 3. The molecular formula is C14H15N3S. The highest BCUT2D eigenvalue weighted by Crippen LogP contribution is 2.14. The van der Waals surface area contributed by atoms with Crippen LogP contribution in [0.5, 0.6) is 0 Å². The fourth-order valence-corrected chi connectivity index (χ4v) is 1.83. The van der Waals surface area contributed by atoms with Gasteiger partial charge in [0.05, 0.1) is 17.6 Å². The first kappa shape index (κ1) is 12.5. The summed E-state index contributed by atoms with van der Waals surface area (Å²) in [4.78, 5) is 6.69. The highest BCUT2D eigenvalue weighted by Gasteiger charge is 2.03. The summed E-state index contributed by atoms with van der Waals surface area (Å²) in [6.07, 6.45) is 1.79. The molecule has 0 amide bonds. The predicted octanol–water partition coefficient (Wildman–Crippen LogP) is 2.35. The van der Waals surface area contributed by atoms with E-state index in [1.807, 2.05) is 37.4 Å². The lowest BCUT2D eigenvalue weighted by Gasteiger charge is -2.19. The fourth-order valence-electron chi connectivity index (χ4n) is 1.71. The molecule has 2 aromatic rings. The molecule has 0 bridgehead atoms. The van der Waals surface area contributed by atoms with Gasteiger partial charge < -0.3 is 10.6 Å². The molecule has 0 atom stereocenters. The van der Waals surface area contributed by atoms with Crippen LogP contribution in [-0.2, 0) is 6.54 Å². The van der Waals surface area contributed by atoms with Crippen LogP contribution in [0.1, 0.15) is 11.3 Å². The number of hydrogen-bond donors (Lipinski definition) is 1. The second-order valence-corrected chi connectivity index (χ2v) is 4.55. The summed E-state index contributed by atoms with van der Waals surface area (Å²) in [6, 6.07) is 14.1. The smallest absolute Gasteiger partial charge is 0.122 e. The van der Waals surface area contributed by atoms with Gasteiger partial charge in [-0.05, 0) is 17.7 Å². The van der Waals surface area contributed by atoms with Crippen LogP contribution in [-0.4, -0.2) is 17.0 Å². The molecule has 0 fully saturated rings. The van der Waals surface area contributed by atoms with Gasteiger partial charge in [-0.1, -0.05) is 42.5 Å². The Morgan fingerprint density at radius 1 is 1.22 bits per heavy atom. The molecule has 0 saturated carbocycles. The first-order chi connectivity index (χ1) is 8.66. The summed E-state index contributed by atoms with van der Waals surface area (Å²) in [5.41, 5.74) is 8.48. The van der Waals surface area contributed by atoms with Crippen LogP contribution < -0.4 is 10.6 Å². The Kier molecular flexibility index (Phi) is 3.89. The Bertz CT molecular complexity index is 522. The Morgan fingerprint density at radius 3 is 2.50 bits per heavy atom. The second kappa shape index (κ2) is 5.60. The minimum Gasteiger partial charge on any atom is -0.388 e. The van der Waals surface area contributed by atoms with E-state index in [-0.39, 0.29) is 0 Å². The summed E-state index contributed by atoms with van der Waals surface area (Å²) < 4.78 is 0. The minimum atomic E-state index is 0.326. The molecule has 0 aliphatic rings. The first-order valence-corrected chi connectivity index (χ1v) is 6.08. The average Bonchev–Trinajstić information content (AvgIpc) is 2.40. The van der Waals surface area contributed by atoms with Crippen LogP contribution in [0.4, 0.5) is 5.69 Å². The molecule has 0 unspecified atom stereocenters. The van der Waals surface area contributed by atoms with E-state index in [9.17, 15) is 0 Å². The molecule has 1 heterocycles. The predicted molar refractivity (Wildman–Crippen MR) is 78.7 cm³/mol. The monoisotopic (exact) mass is 257 g/mol. The van der Waals surface area contributed by atoms with Crippen molar-refractivity contribution in [2.24, 2.45) is 5.73 Å². The zero-order valence-electron chi connectivity index (χ0n) is 10.2.